The van der Waals surface area contributed by atoms with Gasteiger partial charge in [-0.1, -0.05) is 0 Å². The lowest BCUT2D eigenvalue weighted by Gasteiger charge is -2.36. The third-order valence-electron chi connectivity index (χ3n) is 5.06. The molecule has 30 heavy (non-hydrogen) atoms. The minimum Gasteiger partial charge on any atom is -0.497 e. The van der Waals surface area contributed by atoms with E-state index in [0.29, 0.717) is 25.3 Å². The zero-order valence-corrected chi connectivity index (χ0v) is 18.4. The number of amides is 1. The van der Waals surface area contributed by atoms with Gasteiger partial charge in [0.1, 0.15) is 36.0 Å². The Kier molecular flexibility index (Phi) is 6.72. The number of nitrogens with zero attached hydrogens (tertiary/aromatic N) is 2. The van der Waals surface area contributed by atoms with E-state index >= 15 is 0 Å². The van der Waals surface area contributed by atoms with Gasteiger partial charge in [-0.05, 0) is 63.5 Å². The van der Waals surface area contributed by atoms with E-state index in [1.807, 2.05) is 70.5 Å². The van der Waals surface area contributed by atoms with E-state index in [1.165, 1.54) is 0 Å². The van der Waals surface area contributed by atoms with E-state index < -0.39 is 5.54 Å². The number of rotatable bonds is 8. The Morgan fingerprint density at radius 1 is 1.10 bits per heavy atom. The molecule has 1 N–H and O–H groups in total. The second kappa shape index (κ2) is 9.26. The van der Waals surface area contributed by atoms with Crippen LogP contribution in [0.1, 0.15) is 17.3 Å². The first-order valence-electron chi connectivity index (χ1n) is 10.0. The number of benzene rings is 2. The van der Waals surface area contributed by atoms with Crippen molar-refractivity contribution in [2.75, 3.05) is 59.9 Å². The van der Waals surface area contributed by atoms with E-state index in [2.05, 4.69) is 10.2 Å². The zero-order chi connectivity index (χ0) is 21.7. The number of carbonyl (C=O) groups excluding carboxylic acids is 1. The van der Waals surface area contributed by atoms with E-state index in [0.717, 1.165) is 29.5 Å². The number of methoxy groups -OCH3 is 1. The second-order valence-corrected chi connectivity index (χ2v) is 8.18. The lowest BCUT2D eigenvalue weighted by Crippen LogP contribution is -2.49. The van der Waals surface area contributed by atoms with Crippen molar-refractivity contribution >= 4 is 11.6 Å². The minimum atomic E-state index is -0.425. The van der Waals surface area contributed by atoms with Crippen LogP contribution < -0.4 is 19.5 Å². The molecule has 2 aromatic carbocycles. The quantitative estimate of drug-likeness (QED) is 0.718. The summed E-state index contributed by atoms with van der Waals surface area (Å²) in [6, 6.07) is 13.0. The van der Waals surface area contributed by atoms with Gasteiger partial charge in [-0.3, -0.25) is 4.79 Å². The molecule has 162 valence electrons. The maximum atomic E-state index is 12.8. The van der Waals surface area contributed by atoms with Crippen LogP contribution >= 0.6 is 0 Å². The van der Waals surface area contributed by atoms with Gasteiger partial charge in [0.25, 0.3) is 5.91 Å². The fourth-order valence-corrected chi connectivity index (χ4v) is 3.15. The first kappa shape index (κ1) is 21.8. The van der Waals surface area contributed by atoms with E-state index in [4.69, 9.17) is 14.2 Å². The van der Waals surface area contributed by atoms with Crippen molar-refractivity contribution in [3.8, 4) is 17.2 Å². The molecular weight excluding hydrogens is 382 g/mol. The number of likely N-dealkylation sites (N-methyl/N-ethyl adjacent to an activating group) is 2. The van der Waals surface area contributed by atoms with Crippen LogP contribution in [0.4, 0.5) is 5.69 Å². The Hall–Kier alpha value is -2.93. The van der Waals surface area contributed by atoms with E-state index in [1.54, 1.807) is 12.0 Å². The highest BCUT2D eigenvalue weighted by atomic mass is 16.5. The van der Waals surface area contributed by atoms with E-state index in [-0.39, 0.29) is 5.91 Å². The average Bonchev–Trinajstić information content (AvgIpc) is 2.75. The van der Waals surface area contributed by atoms with Crippen LogP contribution in [0.5, 0.6) is 17.2 Å². The predicted molar refractivity (Wildman–Crippen MR) is 118 cm³/mol. The number of anilines is 1. The molecular formula is C23H31N3O4. The summed E-state index contributed by atoms with van der Waals surface area (Å²) in [4.78, 5) is 16.6. The number of carbonyl (C=O) groups is 1. The average molecular weight is 414 g/mol. The molecule has 0 fully saturated rings. The fourth-order valence-electron chi connectivity index (χ4n) is 3.15. The summed E-state index contributed by atoms with van der Waals surface area (Å²) in [5.74, 6) is 2.28. The molecule has 0 bridgehead atoms. The predicted octanol–water partition coefficient (Wildman–Crippen LogP) is 2.97. The summed E-state index contributed by atoms with van der Waals surface area (Å²) in [5.41, 5.74) is 1.01. The van der Waals surface area contributed by atoms with Crippen LogP contribution in [-0.2, 0) is 0 Å². The Bertz CT molecular complexity index is 869. The van der Waals surface area contributed by atoms with Crippen molar-refractivity contribution in [1.29, 1.82) is 0 Å². The van der Waals surface area contributed by atoms with Crippen LogP contribution in [0.2, 0.25) is 0 Å². The SMILES string of the molecule is COc1ccc(OCC2(C)COc3ccc(C(=O)N(C)CCN(C)C)cc3N2)cc1. The van der Waals surface area contributed by atoms with Crippen LogP contribution in [-0.4, -0.2) is 75.8 Å². The summed E-state index contributed by atoms with van der Waals surface area (Å²) in [5, 5.41) is 3.50. The van der Waals surface area contributed by atoms with Crippen molar-refractivity contribution in [2.45, 2.75) is 12.5 Å². The Morgan fingerprint density at radius 3 is 2.47 bits per heavy atom. The largest absolute Gasteiger partial charge is 0.497 e. The van der Waals surface area contributed by atoms with Crippen LogP contribution in [0.15, 0.2) is 42.5 Å². The molecule has 0 aliphatic carbocycles. The van der Waals surface area contributed by atoms with Crippen molar-refractivity contribution in [1.82, 2.24) is 9.80 Å². The number of hydrogen-bond acceptors (Lipinski definition) is 6. The van der Waals surface area contributed by atoms with Gasteiger partial charge in [0.15, 0.2) is 0 Å². The summed E-state index contributed by atoms with van der Waals surface area (Å²) in [6.45, 7) is 4.40. The summed E-state index contributed by atoms with van der Waals surface area (Å²) in [6.07, 6.45) is 0. The van der Waals surface area contributed by atoms with Gasteiger partial charge in [0.2, 0.25) is 0 Å². The third-order valence-corrected chi connectivity index (χ3v) is 5.06. The van der Waals surface area contributed by atoms with Crippen LogP contribution in [0, 0.1) is 0 Å². The van der Waals surface area contributed by atoms with Crippen LogP contribution in [0.3, 0.4) is 0 Å². The Morgan fingerprint density at radius 2 is 1.80 bits per heavy atom. The maximum Gasteiger partial charge on any atom is 0.253 e. The molecule has 1 amide bonds. The maximum absolute atomic E-state index is 12.8. The lowest BCUT2D eigenvalue weighted by atomic mass is 10.0. The topological polar surface area (TPSA) is 63.3 Å². The van der Waals surface area contributed by atoms with Crippen molar-refractivity contribution in [2.24, 2.45) is 0 Å². The van der Waals surface area contributed by atoms with Gasteiger partial charge in [-0.25, -0.2) is 0 Å². The first-order valence-corrected chi connectivity index (χ1v) is 10.0. The third kappa shape index (κ3) is 5.36. The number of fused-ring (bicyclic) bond motifs is 1. The zero-order valence-electron chi connectivity index (χ0n) is 18.4. The molecule has 1 atom stereocenters. The molecule has 1 aliphatic rings. The van der Waals surface area contributed by atoms with E-state index in [9.17, 15) is 4.79 Å². The number of nitrogens with one attached hydrogen (secondary N) is 1. The minimum absolute atomic E-state index is 0.0109. The van der Waals surface area contributed by atoms with Crippen molar-refractivity contribution in [3.05, 3.63) is 48.0 Å². The first-order chi connectivity index (χ1) is 14.3. The standard InChI is InChI=1S/C23H31N3O4/c1-23(15-29-19-9-7-18(28-5)8-10-19)16-30-21-11-6-17(14-20(21)24-23)22(27)26(4)13-12-25(2)3/h6-11,14,24H,12-13,15-16H2,1-5H3. The highest BCUT2D eigenvalue weighted by Gasteiger charge is 2.32. The molecule has 2 aromatic rings. The number of ether oxygens (including phenoxy) is 3. The van der Waals surface area contributed by atoms with Gasteiger partial charge in [-0.15, -0.1) is 0 Å². The molecule has 0 saturated heterocycles. The molecule has 0 aromatic heterocycles. The van der Waals surface area contributed by atoms with Crippen molar-refractivity contribution in [3.63, 3.8) is 0 Å². The molecule has 1 unspecified atom stereocenters. The molecule has 1 heterocycles. The molecule has 0 spiro atoms. The second-order valence-electron chi connectivity index (χ2n) is 8.18. The summed E-state index contributed by atoms with van der Waals surface area (Å²) >= 11 is 0. The number of hydrogen-bond donors (Lipinski definition) is 1. The smallest absolute Gasteiger partial charge is 0.253 e. The summed E-state index contributed by atoms with van der Waals surface area (Å²) in [7, 11) is 7.44. The Balaban J connectivity index is 1.66. The highest BCUT2D eigenvalue weighted by Crippen LogP contribution is 2.34. The fraction of sp³-hybridized carbons (Fsp3) is 0.435. The normalized spacial score (nSPS) is 17.5. The van der Waals surface area contributed by atoms with Gasteiger partial charge < -0.3 is 29.3 Å². The monoisotopic (exact) mass is 413 g/mol. The summed E-state index contributed by atoms with van der Waals surface area (Å²) < 4.78 is 17.1. The van der Waals surface area contributed by atoms with Gasteiger partial charge >= 0.3 is 0 Å². The van der Waals surface area contributed by atoms with Gasteiger partial charge in [0, 0.05) is 25.7 Å². The molecule has 0 radical (unpaired) electrons. The van der Waals surface area contributed by atoms with Crippen LogP contribution in [0.25, 0.3) is 0 Å². The van der Waals surface area contributed by atoms with Gasteiger partial charge in [0.05, 0.1) is 12.8 Å². The lowest BCUT2D eigenvalue weighted by molar-refractivity contribution is 0.0786. The molecule has 0 saturated carbocycles. The Labute approximate surface area is 178 Å². The molecule has 7 nitrogen and oxygen atoms in total. The van der Waals surface area contributed by atoms with Crippen molar-refractivity contribution < 1.29 is 19.0 Å². The molecule has 1 aliphatic heterocycles. The highest BCUT2D eigenvalue weighted by molar-refractivity contribution is 5.95. The van der Waals surface area contributed by atoms with Gasteiger partial charge in [-0.2, -0.15) is 0 Å². The molecule has 3 rings (SSSR count). The molecule has 7 heteroatoms.